The highest BCUT2D eigenvalue weighted by molar-refractivity contribution is 7.13. The predicted octanol–water partition coefficient (Wildman–Crippen LogP) is 1.25. The number of benzene rings is 1. The maximum absolute atomic E-state index is 13.7. The third-order valence-electron chi connectivity index (χ3n) is 7.32. The average Bonchev–Trinajstić information content (AvgIpc) is 3.63. The van der Waals surface area contributed by atoms with Gasteiger partial charge in [-0.25, -0.2) is 4.98 Å². The molecule has 1 saturated heterocycles. The number of aliphatic hydroxyl groups excluding tert-OH is 1. The first kappa shape index (κ1) is 37.5. The van der Waals surface area contributed by atoms with E-state index in [1.807, 2.05) is 57.5 Å². The highest BCUT2D eigenvalue weighted by Gasteiger charge is 2.44. The van der Waals surface area contributed by atoms with Crippen LogP contribution in [0.15, 0.2) is 29.8 Å². The molecule has 1 aromatic carbocycles. The monoisotopic (exact) mass is 663 g/mol. The quantitative estimate of drug-likeness (QED) is 0.160. The Bertz CT molecular complexity index is 1240. The third-order valence-corrected chi connectivity index (χ3v) is 8.30. The number of thiazole rings is 1. The number of nitrogens with two attached hydrogens (primary N) is 1. The van der Waals surface area contributed by atoms with Gasteiger partial charge in [0.2, 0.25) is 17.7 Å². The van der Waals surface area contributed by atoms with E-state index in [1.54, 1.807) is 11.3 Å². The summed E-state index contributed by atoms with van der Waals surface area (Å²) >= 11 is 1.58. The summed E-state index contributed by atoms with van der Waals surface area (Å²) in [6.07, 6.45) is -0.737. The van der Waals surface area contributed by atoms with E-state index in [4.69, 9.17) is 24.7 Å². The lowest BCUT2D eigenvalue weighted by molar-refractivity contribution is -0.144. The number of hydrogen-bond donors (Lipinski definition) is 4. The van der Waals surface area contributed by atoms with Crippen LogP contribution < -0.4 is 16.4 Å². The Morgan fingerprint density at radius 2 is 1.63 bits per heavy atom. The Morgan fingerprint density at radius 3 is 2.20 bits per heavy atom. The van der Waals surface area contributed by atoms with Crippen molar-refractivity contribution >= 4 is 29.1 Å². The van der Waals surface area contributed by atoms with Crippen molar-refractivity contribution in [2.45, 2.75) is 58.8 Å². The van der Waals surface area contributed by atoms with E-state index >= 15 is 0 Å². The van der Waals surface area contributed by atoms with Crippen LogP contribution in [0, 0.1) is 12.3 Å². The summed E-state index contributed by atoms with van der Waals surface area (Å²) in [6.45, 7) is 10.6. The topological polar surface area (TPSA) is 175 Å². The number of β-amino-alcohol motifs (C(OH)–C–C–N with tert-alkyl or cyclic N) is 1. The molecule has 3 amide bonds. The molecular weight excluding hydrogens is 614 g/mol. The van der Waals surface area contributed by atoms with Crippen LogP contribution in [0.5, 0.6) is 0 Å². The summed E-state index contributed by atoms with van der Waals surface area (Å²) in [6, 6.07) is 6.07. The highest BCUT2D eigenvalue weighted by atomic mass is 32.1. The Balaban J connectivity index is 1.45. The maximum Gasteiger partial charge on any atom is 0.246 e. The molecule has 1 aromatic heterocycles. The Kier molecular flexibility index (Phi) is 15.5. The highest BCUT2D eigenvalue weighted by Crippen LogP contribution is 2.28. The number of aromatic nitrogens is 1. The summed E-state index contributed by atoms with van der Waals surface area (Å²) in [5, 5.41) is 16.1. The molecule has 13 nitrogen and oxygen atoms in total. The van der Waals surface area contributed by atoms with Crippen LogP contribution in [0.3, 0.4) is 0 Å². The first-order chi connectivity index (χ1) is 22.0. The van der Waals surface area contributed by atoms with Gasteiger partial charge in [-0.05, 0) is 23.5 Å². The first-order valence-corrected chi connectivity index (χ1v) is 16.4. The minimum absolute atomic E-state index is 0.000541. The molecule has 2 aromatic rings. The van der Waals surface area contributed by atoms with E-state index in [-0.39, 0.29) is 45.2 Å². The van der Waals surface area contributed by atoms with Crippen LogP contribution in [-0.2, 0) is 39.9 Å². The number of hydrogen-bond acceptors (Lipinski definition) is 11. The second kappa shape index (κ2) is 19.0. The summed E-state index contributed by atoms with van der Waals surface area (Å²) in [4.78, 5) is 46.5. The van der Waals surface area contributed by atoms with E-state index in [0.29, 0.717) is 39.6 Å². The van der Waals surface area contributed by atoms with E-state index in [0.717, 1.165) is 21.7 Å². The van der Waals surface area contributed by atoms with Gasteiger partial charge in [0.25, 0.3) is 0 Å². The van der Waals surface area contributed by atoms with Crippen LogP contribution in [0.1, 0.15) is 38.4 Å². The molecule has 0 bridgehead atoms. The molecule has 0 unspecified atom stereocenters. The number of carbonyl (C=O) groups excluding carboxylic acids is 3. The first-order valence-electron chi connectivity index (χ1n) is 15.6. The zero-order chi connectivity index (χ0) is 33.5. The van der Waals surface area contributed by atoms with Crippen molar-refractivity contribution in [1.82, 2.24) is 20.5 Å². The Morgan fingerprint density at radius 1 is 1.02 bits per heavy atom. The number of nitrogens with one attached hydrogen (secondary N) is 2. The van der Waals surface area contributed by atoms with Gasteiger partial charge in [-0.1, -0.05) is 45.0 Å². The van der Waals surface area contributed by atoms with Gasteiger partial charge in [0, 0.05) is 26.1 Å². The lowest BCUT2D eigenvalue weighted by Gasteiger charge is -2.35. The fourth-order valence-electron chi connectivity index (χ4n) is 4.89. The van der Waals surface area contributed by atoms with E-state index in [1.165, 1.54) is 4.90 Å². The number of likely N-dealkylation sites (tertiary alicyclic amines) is 1. The number of amides is 3. The van der Waals surface area contributed by atoms with Gasteiger partial charge in [0.1, 0.15) is 18.7 Å². The Labute approximate surface area is 275 Å². The molecule has 1 fully saturated rings. The van der Waals surface area contributed by atoms with E-state index in [9.17, 15) is 19.5 Å². The van der Waals surface area contributed by atoms with Crippen molar-refractivity contribution in [3.05, 3.63) is 41.0 Å². The lowest BCUT2D eigenvalue weighted by atomic mass is 9.85. The van der Waals surface area contributed by atoms with Crippen molar-refractivity contribution in [2.75, 3.05) is 65.9 Å². The molecule has 3 rings (SSSR count). The number of carbonyl (C=O) groups is 3. The van der Waals surface area contributed by atoms with Crippen LogP contribution in [0.2, 0.25) is 0 Å². The summed E-state index contributed by atoms with van der Waals surface area (Å²) in [5.74, 6) is -1.26. The predicted molar refractivity (Wildman–Crippen MR) is 174 cm³/mol. The fraction of sp³-hybridized carbons (Fsp3) is 0.625. The second-order valence-corrected chi connectivity index (χ2v) is 13.0. The average molecular weight is 664 g/mol. The van der Waals surface area contributed by atoms with Crippen LogP contribution in [0.25, 0.3) is 10.4 Å². The molecule has 0 saturated carbocycles. The SMILES string of the molecule is Cc1ncsc1-c1ccc(CNC(=O)[C@H]2C[C@H](O)CN2C(=O)[C@H](NC(=O)COCCOCCOCCOCCN)C(C)(C)C)cc1. The molecule has 0 spiro atoms. The molecule has 0 radical (unpaired) electrons. The normalized spacial score (nSPS) is 17.2. The molecule has 3 atom stereocenters. The van der Waals surface area contributed by atoms with Crippen molar-refractivity contribution in [3.63, 3.8) is 0 Å². The molecule has 1 aliphatic rings. The van der Waals surface area contributed by atoms with E-state index < -0.39 is 35.4 Å². The van der Waals surface area contributed by atoms with Crippen molar-refractivity contribution in [2.24, 2.45) is 11.1 Å². The zero-order valence-electron chi connectivity index (χ0n) is 27.3. The van der Waals surface area contributed by atoms with Gasteiger partial charge in [0.05, 0.1) is 68.4 Å². The fourth-order valence-corrected chi connectivity index (χ4v) is 5.70. The Hall–Kier alpha value is -2.98. The summed E-state index contributed by atoms with van der Waals surface area (Å²) < 4.78 is 21.5. The molecule has 0 aliphatic carbocycles. The summed E-state index contributed by atoms with van der Waals surface area (Å²) in [5.41, 5.74) is 9.42. The van der Waals surface area contributed by atoms with Gasteiger partial charge in [-0.3, -0.25) is 14.4 Å². The molecule has 256 valence electrons. The van der Waals surface area contributed by atoms with Gasteiger partial charge in [-0.2, -0.15) is 0 Å². The second-order valence-electron chi connectivity index (χ2n) is 12.1. The van der Waals surface area contributed by atoms with Crippen LogP contribution in [0.4, 0.5) is 0 Å². The smallest absolute Gasteiger partial charge is 0.246 e. The van der Waals surface area contributed by atoms with Crippen molar-refractivity contribution in [1.29, 1.82) is 0 Å². The maximum atomic E-state index is 13.7. The molecule has 5 N–H and O–H groups in total. The van der Waals surface area contributed by atoms with Gasteiger partial charge >= 0.3 is 0 Å². The van der Waals surface area contributed by atoms with Crippen LogP contribution >= 0.6 is 11.3 Å². The minimum atomic E-state index is -0.936. The minimum Gasteiger partial charge on any atom is -0.391 e. The lowest BCUT2D eigenvalue weighted by Crippen LogP contribution is -2.58. The molecular formula is C32H49N5O8S. The van der Waals surface area contributed by atoms with Crippen LogP contribution in [-0.4, -0.2) is 117 Å². The van der Waals surface area contributed by atoms with Crippen molar-refractivity contribution < 1.29 is 38.4 Å². The largest absolute Gasteiger partial charge is 0.391 e. The standard InChI is InChI=1S/C32H49N5O8S/c1-22-28(46-21-35-22)24-7-5-23(6-8-24)18-34-30(40)26-17-25(38)19-37(26)31(41)29(32(2,3)4)36-27(39)20-45-16-15-44-14-13-43-12-11-42-10-9-33/h5-8,21,25-26,29,38H,9-20,33H2,1-4H3,(H,34,40)(H,36,39)/t25-,26+,29-/m0/s1. The zero-order valence-corrected chi connectivity index (χ0v) is 28.1. The summed E-state index contributed by atoms with van der Waals surface area (Å²) in [7, 11) is 0. The number of ether oxygens (including phenoxy) is 4. The number of aryl methyl sites for hydroxylation is 1. The number of aliphatic hydroxyl groups is 1. The molecule has 2 heterocycles. The van der Waals surface area contributed by atoms with E-state index in [2.05, 4.69) is 15.6 Å². The molecule has 1 aliphatic heterocycles. The number of rotatable bonds is 19. The number of nitrogens with zero attached hydrogens (tertiary/aromatic N) is 2. The van der Waals surface area contributed by atoms with Gasteiger partial charge in [-0.15, -0.1) is 11.3 Å². The van der Waals surface area contributed by atoms with Crippen molar-refractivity contribution in [3.8, 4) is 10.4 Å². The van der Waals surface area contributed by atoms with Gasteiger partial charge in [0.15, 0.2) is 0 Å². The molecule has 14 heteroatoms. The third kappa shape index (κ3) is 12.0. The van der Waals surface area contributed by atoms with Gasteiger partial charge < -0.3 is 45.3 Å². The molecule has 46 heavy (non-hydrogen) atoms.